The molecule has 5 aromatic rings. The summed E-state index contributed by atoms with van der Waals surface area (Å²) in [6.45, 7) is 22.3. The van der Waals surface area contributed by atoms with Gasteiger partial charge in [0.1, 0.15) is 11.4 Å². The Hall–Kier alpha value is -4.73. The molecule has 6 aliphatic rings. The molecule has 1 saturated heterocycles. The Balaban J connectivity index is 0.873. The van der Waals surface area contributed by atoms with Gasteiger partial charge in [-0.1, -0.05) is 49.4 Å². The molecule has 4 aliphatic carbocycles. The molecule has 0 spiro atoms. The average molecular weight is 930 g/mol. The van der Waals surface area contributed by atoms with Gasteiger partial charge in [-0.05, 0) is 144 Å². The number of thiazole rings is 1. The summed E-state index contributed by atoms with van der Waals surface area (Å²) in [6.07, 6.45) is 9.36. The zero-order chi connectivity index (χ0) is 47.0. The van der Waals surface area contributed by atoms with Crippen molar-refractivity contribution in [2.75, 3.05) is 49.7 Å². The zero-order valence-electron chi connectivity index (χ0n) is 40.6. The van der Waals surface area contributed by atoms with E-state index in [1.54, 1.807) is 0 Å². The molecule has 11 rings (SSSR count). The number of fused-ring (bicyclic) bond motifs is 2. The molecule has 2 atom stereocenters. The largest absolute Gasteiger partial charge is 0.455 e. The molecule has 2 unspecified atom stereocenters. The van der Waals surface area contributed by atoms with E-state index < -0.39 is 17.4 Å². The number of benzene rings is 2. The maximum atomic E-state index is 14.2. The third-order valence-electron chi connectivity index (χ3n) is 14.8. The van der Waals surface area contributed by atoms with Crippen LogP contribution in [0.15, 0.2) is 60.8 Å². The van der Waals surface area contributed by atoms with Crippen LogP contribution in [-0.4, -0.2) is 88.1 Å². The van der Waals surface area contributed by atoms with Gasteiger partial charge in [0.05, 0.1) is 41.8 Å². The van der Waals surface area contributed by atoms with Crippen molar-refractivity contribution in [1.82, 2.24) is 25.1 Å². The van der Waals surface area contributed by atoms with Gasteiger partial charge < -0.3 is 29.2 Å². The fourth-order valence-electron chi connectivity index (χ4n) is 13.2. The SMILES string of the molecule is Cc1c(-c2ccc(N3CCc4cccc(C(=O)Nc5nc6ccccc6s5)c4C3)nc2C(=O)OC(C)(C)C)cnn1CC12CC3(C)CC(C)(C1)CC(OCCNCC1COC(C)(C)OC1)(C3)C2. The van der Waals surface area contributed by atoms with E-state index in [4.69, 9.17) is 29.0 Å². The fraction of sp³-hybridized carbons (Fsp3) is 0.566. The summed E-state index contributed by atoms with van der Waals surface area (Å²) in [5.41, 5.74) is 5.89. The van der Waals surface area contributed by atoms with Gasteiger partial charge in [-0.25, -0.2) is 14.8 Å². The van der Waals surface area contributed by atoms with E-state index in [1.807, 2.05) is 89.3 Å². The number of para-hydroxylation sites is 1. The van der Waals surface area contributed by atoms with Gasteiger partial charge in [0.15, 0.2) is 16.6 Å². The van der Waals surface area contributed by atoms with E-state index in [0.29, 0.717) is 60.9 Å². The summed E-state index contributed by atoms with van der Waals surface area (Å²) in [5.74, 6) is -0.191. The monoisotopic (exact) mass is 929 g/mol. The number of aromatic nitrogens is 4. The molecule has 356 valence electrons. The molecule has 5 fully saturated rings. The number of anilines is 2. The van der Waals surface area contributed by atoms with Crippen molar-refractivity contribution in [3.8, 4) is 11.1 Å². The number of carbonyl (C=O) groups is 2. The van der Waals surface area contributed by atoms with Gasteiger partial charge in [-0.3, -0.25) is 14.8 Å². The van der Waals surface area contributed by atoms with Crippen molar-refractivity contribution < 1.29 is 28.5 Å². The minimum Gasteiger partial charge on any atom is -0.455 e. The fourth-order valence-corrected chi connectivity index (χ4v) is 14.1. The van der Waals surface area contributed by atoms with Gasteiger partial charge in [0.25, 0.3) is 5.91 Å². The number of hydrogen-bond donors (Lipinski definition) is 2. The minimum absolute atomic E-state index is 0.0358. The molecule has 2 N–H and O–H groups in total. The van der Waals surface area contributed by atoms with Crippen LogP contribution in [0.4, 0.5) is 10.9 Å². The van der Waals surface area contributed by atoms with Crippen LogP contribution in [0.3, 0.4) is 0 Å². The van der Waals surface area contributed by atoms with E-state index in [9.17, 15) is 9.59 Å². The first kappa shape index (κ1) is 46.0. The summed E-state index contributed by atoms with van der Waals surface area (Å²) in [7, 11) is 0. The second-order valence-electron chi connectivity index (χ2n) is 22.7. The van der Waals surface area contributed by atoms with Crippen LogP contribution in [0, 0.1) is 29.1 Å². The summed E-state index contributed by atoms with van der Waals surface area (Å²) < 4.78 is 28.0. The molecular formula is C53H67N7O6S. The Kier molecular flexibility index (Phi) is 11.7. The highest BCUT2D eigenvalue weighted by Gasteiger charge is 2.66. The first-order valence-corrected chi connectivity index (χ1v) is 25.0. The van der Waals surface area contributed by atoms with E-state index in [0.717, 1.165) is 90.8 Å². The van der Waals surface area contributed by atoms with Crippen LogP contribution in [-0.2, 0) is 38.5 Å². The first-order valence-electron chi connectivity index (χ1n) is 24.2. The van der Waals surface area contributed by atoms with Crippen molar-refractivity contribution in [3.05, 3.63) is 88.9 Å². The van der Waals surface area contributed by atoms with Crippen molar-refractivity contribution in [2.45, 2.75) is 130 Å². The van der Waals surface area contributed by atoms with E-state index >= 15 is 0 Å². The standard InChI is InChI=1S/C53H67N7O6S/c1-34-39(23-55-60(34)33-52-28-50(7)27-51(8,29-52)31-53(30-50,32-52)63-21-19-54-22-35-25-64-49(5,6)65-26-35)37-16-17-43(57-44(37)46(62)66-48(2,3)4)59-20-18-36-12-11-13-38(40(36)24-59)45(61)58-47-56-41-14-9-10-15-42(41)67-47/h9-17,23,35,54H,18-22,24-33H2,1-8H3,(H,56,58,61). The Labute approximate surface area is 398 Å². The Morgan fingerprint density at radius 2 is 1.66 bits per heavy atom. The van der Waals surface area contributed by atoms with Crippen molar-refractivity contribution in [2.24, 2.45) is 22.2 Å². The molecule has 0 radical (unpaired) electrons. The summed E-state index contributed by atoms with van der Waals surface area (Å²) in [6, 6.07) is 17.8. The van der Waals surface area contributed by atoms with Crippen LogP contribution >= 0.6 is 11.3 Å². The topological polar surface area (TPSA) is 142 Å². The molecule has 14 heteroatoms. The molecule has 2 aromatic carbocycles. The van der Waals surface area contributed by atoms with Gasteiger partial charge in [0, 0.05) is 61.0 Å². The van der Waals surface area contributed by atoms with E-state index in [1.165, 1.54) is 17.8 Å². The molecule has 1 amide bonds. The third-order valence-corrected chi connectivity index (χ3v) is 15.8. The first-order chi connectivity index (χ1) is 31.8. The van der Waals surface area contributed by atoms with E-state index in [-0.39, 0.29) is 33.4 Å². The lowest BCUT2D eigenvalue weighted by molar-refractivity contribution is -0.261. The molecule has 67 heavy (non-hydrogen) atoms. The summed E-state index contributed by atoms with van der Waals surface area (Å²) in [5, 5.41) is 12.3. The maximum Gasteiger partial charge on any atom is 0.358 e. The molecule has 13 nitrogen and oxygen atoms in total. The van der Waals surface area contributed by atoms with Crippen LogP contribution in [0.2, 0.25) is 0 Å². The number of nitrogens with zero attached hydrogens (tertiary/aromatic N) is 5. The van der Waals surface area contributed by atoms with Gasteiger partial charge in [-0.15, -0.1) is 0 Å². The van der Waals surface area contributed by atoms with Gasteiger partial charge >= 0.3 is 5.97 Å². The lowest BCUT2D eigenvalue weighted by Crippen LogP contribution is -2.64. The molecular weight excluding hydrogens is 863 g/mol. The third kappa shape index (κ3) is 9.53. The van der Waals surface area contributed by atoms with Crippen LogP contribution in [0.1, 0.15) is 125 Å². The predicted molar refractivity (Wildman–Crippen MR) is 262 cm³/mol. The van der Waals surface area contributed by atoms with Crippen molar-refractivity contribution in [1.29, 1.82) is 0 Å². The smallest absolute Gasteiger partial charge is 0.358 e. The Morgan fingerprint density at radius 3 is 2.40 bits per heavy atom. The summed E-state index contributed by atoms with van der Waals surface area (Å²) in [4.78, 5) is 39.9. The number of hydrogen-bond acceptors (Lipinski definition) is 12. The van der Waals surface area contributed by atoms with Gasteiger partial charge in [-0.2, -0.15) is 5.10 Å². The van der Waals surface area contributed by atoms with Crippen molar-refractivity contribution in [3.63, 3.8) is 0 Å². The number of nitrogens with one attached hydrogen (secondary N) is 2. The summed E-state index contributed by atoms with van der Waals surface area (Å²) >= 11 is 1.46. The average Bonchev–Trinajstić information content (AvgIpc) is 3.82. The van der Waals surface area contributed by atoms with Crippen LogP contribution in [0.25, 0.3) is 21.3 Å². The number of pyridine rings is 1. The lowest BCUT2D eigenvalue weighted by atomic mass is 9.39. The Morgan fingerprint density at radius 1 is 0.896 bits per heavy atom. The Bertz CT molecular complexity index is 2640. The minimum atomic E-state index is -0.726. The highest BCUT2D eigenvalue weighted by molar-refractivity contribution is 7.22. The second kappa shape index (κ2) is 17.0. The van der Waals surface area contributed by atoms with E-state index in [2.05, 4.69) is 52.0 Å². The molecule has 3 aromatic heterocycles. The highest BCUT2D eigenvalue weighted by atomic mass is 32.1. The maximum absolute atomic E-state index is 14.2. The zero-order valence-corrected chi connectivity index (χ0v) is 41.4. The molecule has 5 heterocycles. The van der Waals surface area contributed by atoms with Gasteiger partial charge in [0.2, 0.25) is 0 Å². The van der Waals surface area contributed by atoms with Crippen LogP contribution in [0.5, 0.6) is 0 Å². The number of esters is 1. The lowest BCUT2D eigenvalue weighted by Gasteiger charge is -2.69. The quantitative estimate of drug-likeness (QED) is 0.0861. The number of carbonyl (C=O) groups excluding carboxylic acids is 2. The highest BCUT2D eigenvalue weighted by Crippen LogP contribution is 2.72. The normalized spacial score (nSPS) is 26.8. The predicted octanol–water partition coefficient (Wildman–Crippen LogP) is 9.76. The number of amides is 1. The molecule has 2 aliphatic heterocycles. The second-order valence-corrected chi connectivity index (χ2v) is 23.8. The number of rotatable bonds is 13. The molecule has 4 bridgehead atoms. The molecule has 4 saturated carbocycles. The van der Waals surface area contributed by atoms with Crippen molar-refractivity contribution >= 4 is 44.4 Å². The number of ether oxygens (including phenoxy) is 4. The van der Waals surface area contributed by atoms with Crippen LogP contribution < -0.4 is 15.5 Å².